The summed E-state index contributed by atoms with van der Waals surface area (Å²) >= 11 is 0. The fraction of sp³-hybridized carbons (Fsp3) is 0.526. The maximum absolute atomic E-state index is 12.7. The van der Waals surface area contributed by atoms with E-state index in [0.717, 1.165) is 28.9 Å². The lowest BCUT2D eigenvalue weighted by Crippen LogP contribution is -2.47. The Hall–Kier alpha value is -2.37. The minimum absolute atomic E-state index is 0.123. The van der Waals surface area contributed by atoms with E-state index < -0.39 is 17.5 Å². The molecule has 1 aromatic carbocycles. The van der Waals surface area contributed by atoms with Crippen molar-refractivity contribution < 1.29 is 19.1 Å². The fourth-order valence-corrected chi connectivity index (χ4v) is 3.16. The lowest BCUT2D eigenvalue weighted by atomic mass is 9.88. The van der Waals surface area contributed by atoms with Crippen molar-refractivity contribution in [2.24, 2.45) is 0 Å². The van der Waals surface area contributed by atoms with Crippen LogP contribution in [0.4, 0.5) is 4.79 Å². The molecule has 1 fully saturated rings. The first-order valence-corrected chi connectivity index (χ1v) is 8.77. The number of nitrogens with zero attached hydrogens (tertiary/aromatic N) is 1. The minimum atomic E-state index is -0.877. The summed E-state index contributed by atoms with van der Waals surface area (Å²) in [7, 11) is 0. The molecule has 1 aliphatic rings. The van der Waals surface area contributed by atoms with Crippen molar-refractivity contribution in [2.75, 3.05) is 6.54 Å². The van der Waals surface area contributed by atoms with Crippen LogP contribution in [0.5, 0.6) is 0 Å². The van der Waals surface area contributed by atoms with Gasteiger partial charge in [-0.05, 0) is 25.3 Å². The van der Waals surface area contributed by atoms with E-state index in [4.69, 9.17) is 4.74 Å². The second-order valence-electron chi connectivity index (χ2n) is 6.55. The molecule has 0 bridgehead atoms. The molecular weight excluding hydrogens is 320 g/mol. The molecule has 1 aliphatic heterocycles. The SMILES string of the molecule is CCCC1(CCC)NC(=O)N(CC(=O)OCc2ccc(C)cc2)C1=O. The van der Waals surface area contributed by atoms with Gasteiger partial charge >= 0.3 is 12.0 Å². The number of benzene rings is 1. The third kappa shape index (κ3) is 4.38. The molecule has 0 atom stereocenters. The molecule has 25 heavy (non-hydrogen) atoms. The molecule has 1 aromatic rings. The van der Waals surface area contributed by atoms with Gasteiger partial charge in [-0.3, -0.25) is 14.5 Å². The van der Waals surface area contributed by atoms with E-state index in [0.29, 0.717) is 12.8 Å². The van der Waals surface area contributed by atoms with Gasteiger partial charge in [-0.25, -0.2) is 4.79 Å². The number of carbonyl (C=O) groups excluding carboxylic acids is 3. The van der Waals surface area contributed by atoms with Gasteiger partial charge in [0.05, 0.1) is 0 Å². The summed E-state index contributed by atoms with van der Waals surface area (Å²) in [5, 5.41) is 2.78. The molecule has 2 rings (SSSR count). The van der Waals surface area contributed by atoms with Crippen LogP contribution in [0.15, 0.2) is 24.3 Å². The number of hydrogen-bond acceptors (Lipinski definition) is 4. The number of ether oxygens (including phenoxy) is 1. The van der Waals surface area contributed by atoms with Gasteiger partial charge in [0.15, 0.2) is 0 Å². The van der Waals surface area contributed by atoms with Crippen molar-refractivity contribution in [1.82, 2.24) is 10.2 Å². The van der Waals surface area contributed by atoms with Crippen molar-refractivity contribution in [3.05, 3.63) is 35.4 Å². The number of aryl methyl sites for hydroxylation is 1. The van der Waals surface area contributed by atoms with Crippen molar-refractivity contribution in [3.63, 3.8) is 0 Å². The highest BCUT2D eigenvalue weighted by molar-refractivity contribution is 6.08. The molecule has 0 saturated carbocycles. The normalized spacial score (nSPS) is 16.0. The maximum Gasteiger partial charge on any atom is 0.326 e. The van der Waals surface area contributed by atoms with E-state index in [1.165, 1.54) is 0 Å². The molecule has 0 aliphatic carbocycles. The number of amides is 3. The fourth-order valence-electron chi connectivity index (χ4n) is 3.16. The Bertz CT molecular complexity index is 633. The summed E-state index contributed by atoms with van der Waals surface area (Å²) in [6.07, 6.45) is 2.69. The highest BCUT2D eigenvalue weighted by Gasteiger charge is 2.50. The molecule has 136 valence electrons. The minimum Gasteiger partial charge on any atom is -0.459 e. The largest absolute Gasteiger partial charge is 0.459 e. The molecule has 0 unspecified atom stereocenters. The van der Waals surface area contributed by atoms with Crippen molar-refractivity contribution in [3.8, 4) is 0 Å². The number of rotatable bonds is 8. The van der Waals surface area contributed by atoms with E-state index in [-0.39, 0.29) is 19.1 Å². The Kier molecular flexibility index (Phi) is 6.17. The van der Waals surface area contributed by atoms with Crippen LogP contribution < -0.4 is 5.32 Å². The molecule has 0 spiro atoms. The van der Waals surface area contributed by atoms with Gasteiger partial charge in [0.2, 0.25) is 0 Å². The van der Waals surface area contributed by atoms with E-state index in [9.17, 15) is 14.4 Å². The number of hydrogen-bond donors (Lipinski definition) is 1. The third-order valence-corrected chi connectivity index (χ3v) is 4.41. The molecule has 6 nitrogen and oxygen atoms in total. The Morgan fingerprint density at radius 2 is 1.72 bits per heavy atom. The molecule has 0 aromatic heterocycles. The summed E-state index contributed by atoms with van der Waals surface area (Å²) in [6, 6.07) is 7.11. The van der Waals surface area contributed by atoms with E-state index in [1.54, 1.807) is 0 Å². The first kappa shape index (κ1) is 19.0. The highest BCUT2D eigenvalue weighted by atomic mass is 16.5. The quantitative estimate of drug-likeness (QED) is 0.580. The van der Waals surface area contributed by atoms with Gasteiger partial charge in [0, 0.05) is 0 Å². The van der Waals surface area contributed by atoms with Crippen LogP contribution in [-0.4, -0.2) is 34.9 Å². The molecule has 1 heterocycles. The highest BCUT2D eigenvalue weighted by Crippen LogP contribution is 2.28. The standard InChI is InChI=1S/C19H26N2O4/c1-4-10-19(11-5-2)17(23)21(18(24)20-19)12-16(22)25-13-15-8-6-14(3)7-9-15/h6-9H,4-5,10-13H2,1-3H3,(H,20,24). The van der Waals surface area contributed by atoms with Crippen LogP contribution in [0.1, 0.15) is 50.7 Å². The number of carbonyl (C=O) groups is 3. The molecule has 3 amide bonds. The Labute approximate surface area is 148 Å². The maximum atomic E-state index is 12.7. The molecular formula is C19H26N2O4. The summed E-state index contributed by atoms with van der Waals surface area (Å²) in [5.74, 6) is -0.915. The molecule has 0 radical (unpaired) electrons. The lowest BCUT2D eigenvalue weighted by molar-refractivity contribution is -0.149. The topological polar surface area (TPSA) is 75.7 Å². The number of nitrogens with one attached hydrogen (secondary N) is 1. The van der Waals surface area contributed by atoms with Gasteiger partial charge in [-0.2, -0.15) is 0 Å². The predicted octanol–water partition coefficient (Wildman–Crippen LogP) is 2.93. The summed E-state index contributed by atoms with van der Waals surface area (Å²) in [4.78, 5) is 37.9. The zero-order valence-corrected chi connectivity index (χ0v) is 15.1. The van der Waals surface area contributed by atoms with E-state index >= 15 is 0 Å². The van der Waals surface area contributed by atoms with E-state index in [2.05, 4.69) is 5.32 Å². The van der Waals surface area contributed by atoms with Crippen LogP contribution >= 0.6 is 0 Å². The van der Waals surface area contributed by atoms with Crippen LogP contribution in [0.3, 0.4) is 0 Å². The van der Waals surface area contributed by atoms with Crippen molar-refractivity contribution >= 4 is 17.9 Å². The Balaban J connectivity index is 1.96. The van der Waals surface area contributed by atoms with Gasteiger partial charge in [0.1, 0.15) is 18.7 Å². The van der Waals surface area contributed by atoms with Crippen LogP contribution in [0, 0.1) is 6.92 Å². The molecule has 1 saturated heterocycles. The average molecular weight is 346 g/mol. The summed E-state index contributed by atoms with van der Waals surface area (Å²) < 4.78 is 5.20. The third-order valence-electron chi connectivity index (χ3n) is 4.41. The number of esters is 1. The molecule has 1 N–H and O–H groups in total. The van der Waals surface area contributed by atoms with Gasteiger partial charge in [-0.15, -0.1) is 0 Å². The monoisotopic (exact) mass is 346 g/mol. The molecule has 6 heteroatoms. The summed E-state index contributed by atoms with van der Waals surface area (Å²) in [5.41, 5.74) is 1.11. The lowest BCUT2D eigenvalue weighted by Gasteiger charge is -2.25. The zero-order valence-electron chi connectivity index (χ0n) is 15.1. The van der Waals surface area contributed by atoms with Gasteiger partial charge in [-0.1, -0.05) is 56.5 Å². The number of imide groups is 1. The van der Waals surface area contributed by atoms with Crippen LogP contribution in [0.25, 0.3) is 0 Å². The smallest absolute Gasteiger partial charge is 0.326 e. The summed E-state index contributed by atoms with van der Waals surface area (Å²) in [6.45, 7) is 5.68. The Morgan fingerprint density at radius 3 is 2.28 bits per heavy atom. The van der Waals surface area contributed by atoms with Crippen LogP contribution in [0.2, 0.25) is 0 Å². The van der Waals surface area contributed by atoms with Crippen molar-refractivity contribution in [2.45, 2.75) is 58.6 Å². The first-order chi connectivity index (χ1) is 11.9. The zero-order chi connectivity index (χ0) is 18.4. The Morgan fingerprint density at radius 1 is 1.12 bits per heavy atom. The second-order valence-corrected chi connectivity index (χ2v) is 6.55. The average Bonchev–Trinajstić information content (AvgIpc) is 2.79. The predicted molar refractivity (Wildman–Crippen MR) is 93.8 cm³/mol. The van der Waals surface area contributed by atoms with Crippen molar-refractivity contribution in [1.29, 1.82) is 0 Å². The van der Waals surface area contributed by atoms with Gasteiger partial charge in [0.25, 0.3) is 5.91 Å². The second kappa shape index (κ2) is 8.14. The van der Waals surface area contributed by atoms with E-state index in [1.807, 2.05) is 45.0 Å². The first-order valence-electron chi connectivity index (χ1n) is 8.77. The van der Waals surface area contributed by atoms with Crippen LogP contribution in [-0.2, 0) is 20.9 Å². The number of urea groups is 1. The van der Waals surface area contributed by atoms with Gasteiger partial charge < -0.3 is 10.1 Å².